The first-order valence-electron chi connectivity index (χ1n) is 5.17. The molecule has 0 atom stereocenters. The van der Waals surface area contributed by atoms with Crippen LogP contribution in [0.4, 0.5) is 4.39 Å². The SMILES string of the molecule is Oc1ccc(-c2cccc3nccn23)c(F)c1. The van der Waals surface area contributed by atoms with Gasteiger partial charge in [0.25, 0.3) is 0 Å². The Balaban J connectivity index is 2.30. The lowest BCUT2D eigenvalue weighted by atomic mass is 10.1. The number of hydrogen-bond acceptors (Lipinski definition) is 2. The van der Waals surface area contributed by atoms with Gasteiger partial charge in [-0.15, -0.1) is 0 Å². The van der Waals surface area contributed by atoms with Gasteiger partial charge in [0.1, 0.15) is 17.2 Å². The molecule has 2 heterocycles. The second kappa shape index (κ2) is 3.59. The van der Waals surface area contributed by atoms with Crippen molar-refractivity contribution in [3.8, 4) is 17.0 Å². The molecule has 0 saturated heterocycles. The van der Waals surface area contributed by atoms with Gasteiger partial charge in [0.05, 0.1) is 5.69 Å². The Morgan fingerprint density at radius 2 is 2.06 bits per heavy atom. The molecule has 3 nitrogen and oxygen atoms in total. The predicted octanol–water partition coefficient (Wildman–Crippen LogP) is 2.85. The van der Waals surface area contributed by atoms with Crippen LogP contribution in [0.2, 0.25) is 0 Å². The first-order chi connectivity index (χ1) is 8.25. The van der Waals surface area contributed by atoms with Crippen molar-refractivity contribution in [2.45, 2.75) is 0 Å². The number of imidazole rings is 1. The number of aromatic nitrogens is 2. The fraction of sp³-hybridized carbons (Fsp3) is 0. The quantitative estimate of drug-likeness (QED) is 0.695. The molecule has 1 aromatic carbocycles. The van der Waals surface area contributed by atoms with Gasteiger partial charge in [0, 0.05) is 24.0 Å². The summed E-state index contributed by atoms with van der Waals surface area (Å²) in [4.78, 5) is 4.14. The van der Waals surface area contributed by atoms with E-state index in [2.05, 4.69) is 4.98 Å². The van der Waals surface area contributed by atoms with Gasteiger partial charge in [-0.2, -0.15) is 0 Å². The average molecular weight is 228 g/mol. The third kappa shape index (κ3) is 1.54. The molecule has 1 N–H and O–H groups in total. The van der Waals surface area contributed by atoms with E-state index in [9.17, 15) is 9.50 Å². The molecule has 3 aromatic rings. The van der Waals surface area contributed by atoms with E-state index in [1.807, 2.05) is 18.2 Å². The summed E-state index contributed by atoms with van der Waals surface area (Å²) >= 11 is 0. The fourth-order valence-corrected chi connectivity index (χ4v) is 1.88. The summed E-state index contributed by atoms with van der Waals surface area (Å²) in [6, 6.07) is 9.61. The summed E-state index contributed by atoms with van der Waals surface area (Å²) in [5.74, 6) is -0.532. The van der Waals surface area contributed by atoms with Crippen LogP contribution >= 0.6 is 0 Å². The summed E-state index contributed by atoms with van der Waals surface area (Å²) in [7, 11) is 0. The Hall–Kier alpha value is -2.36. The number of benzene rings is 1. The molecular formula is C13H9FN2O. The van der Waals surface area contributed by atoms with Gasteiger partial charge in [0.2, 0.25) is 0 Å². The van der Waals surface area contributed by atoms with Gasteiger partial charge < -0.3 is 5.11 Å². The predicted molar refractivity (Wildman–Crippen MR) is 62.3 cm³/mol. The zero-order chi connectivity index (χ0) is 11.8. The molecule has 3 rings (SSSR count). The Morgan fingerprint density at radius 3 is 2.88 bits per heavy atom. The highest BCUT2D eigenvalue weighted by Crippen LogP contribution is 2.26. The molecule has 84 valence electrons. The van der Waals surface area contributed by atoms with E-state index in [4.69, 9.17) is 0 Å². The van der Waals surface area contributed by atoms with E-state index in [1.54, 1.807) is 22.9 Å². The number of pyridine rings is 1. The Kier molecular flexibility index (Phi) is 2.08. The molecule has 0 bridgehead atoms. The van der Waals surface area contributed by atoms with E-state index >= 15 is 0 Å². The van der Waals surface area contributed by atoms with Gasteiger partial charge in [-0.3, -0.25) is 4.40 Å². The molecule has 2 aromatic heterocycles. The van der Waals surface area contributed by atoms with Crippen LogP contribution in [-0.2, 0) is 0 Å². The van der Waals surface area contributed by atoms with Crippen molar-refractivity contribution in [3.63, 3.8) is 0 Å². The van der Waals surface area contributed by atoms with Crippen LogP contribution in [0.1, 0.15) is 0 Å². The minimum atomic E-state index is -0.453. The third-order valence-electron chi connectivity index (χ3n) is 2.66. The summed E-state index contributed by atoms with van der Waals surface area (Å²) in [6.07, 6.45) is 3.44. The molecule has 0 amide bonds. The molecule has 4 heteroatoms. The van der Waals surface area contributed by atoms with E-state index in [0.717, 1.165) is 11.7 Å². The standard InChI is InChI=1S/C13H9FN2O/c14-11-8-9(17)4-5-10(11)12-2-1-3-13-15-6-7-16(12)13/h1-8,17H. The molecule has 17 heavy (non-hydrogen) atoms. The van der Waals surface area contributed by atoms with Crippen LogP contribution < -0.4 is 0 Å². The van der Waals surface area contributed by atoms with Crippen molar-refractivity contribution >= 4 is 5.65 Å². The fourth-order valence-electron chi connectivity index (χ4n) is 1.88. The van der Waals surface area contributed by atoms with E-state index in [-0.39, 0.29) is 5.75 Å². The maximum atomic E-state index is 13.8. The van der Waals surface area contributed by atoms with Crippen LogP contribution in [0.15, 0.2) is 48.8 Å². The minimum absolute atomic E-state index is 0.0796. The third-order valence-corrected chi connectivity index (χ3v) is 2.66. The zero-order valence-corrected chi connectivity index (χ0v) is 8.84. The molecular weight excluding hydrogens is 219 g/mol. The summed E-state index contributed by atoms with van der Waals surface area (Å²) in [6.45, 7) is 0. The van der Waals surface area contributed by atoms with Crippen LogP contribution in [0.3, 0.4) is 0 Å². The second-order valence-corrected chi connectivity index (χ2v) is 3.73. The summed E-state index contributed by atoms with van der Waals surface area (Å²) in [5.41, 5.74) is 1.90. The lowest BCUT2D eigenvalue weighted by Gasteiger charge is -2.07. The number of phenolic OH excluding ortho intramolecular Hbond substituents is 1. The lowest BCUT2D eigenvalue weighted by molar-refractivity contribution is 0.469. The van der Waals surface area contributed by atoms with Crippen molar-refractivity contribution in [3.05, 3.63) is 54.6 Å². The number of rotatable bonds is 1. The zero-order valence-electron chi connectivity index (χ0n) is 8.84. The second-order valence-electron chi connectivity index (χ2n) is 3.73. The summed E-state index contributed by atoms with van der Waals surface area (Å²) in [5, 5.41) is 9.20. The average Bonchev–Trinajstić information content (AvgIpc) is 2.77. The number of aromatic hydroxyl groups is 1. The van der Waals surface area contributed by atoms with Crippen molar-refractivity contribution in [2.24, 2.45) is 0 Å². The molecule has 0 radical (unpaired) electrons. The van der Waals surface area contributed by atoms with Crippen molar-refractivity contribution in [2.75, 3.05) is 0 Å². The van der Waals surface area contributed by atoms with Crippen LogP contribution in [0.5, 0.6) is 5.75 Å². The van der Waals surface area contributed by atoms with Gasteiger partial charge in [-0.05, 0) is 24.3 Å². The number of nitrogens with zero attached hydrogens (tertiary/aromatic N) is 2. The van der Waals surface area contributed by atoms with Gasteiger partial charge in [-0.1, -0.05) is 6.07 Å². The Morgan fingerprint density at radius 1 is 1.18 bits per heavy atom. The van der Waals surface area contributed by atoms with E-state index in [1.165, 1.54) is 6.07 Å². The van der Waals surface area contributed by atoms with Crippen molar-refractivity contribution < 1.29 is 9.50 Å². The topological polar surface area (TPSA) is 37.5 Å². The highest BCUT2D eigenvalue weighted by molar-refractivity contribution is 5.64. The van der Waals surface area contributed by atoms with Crippen LogP contribution in [0, 0.1) is 5.82 Å². The van der Waals surface area contributed by atoms with Crippen LogP contribution in [0.25, 0.3) is 16.9 Å². The maximum Gasteiger partial charge on any atom is 0.137 e. The first kappa shape index (κ1) is 9.84. The van der Waals surface area contributed by atoms with Gasteiger partial charge in [0.15, 0.2) is 0 Å². The molecule has 0 spiro atoms. The number of halogens is 1. The Labute approximate surface area is 96.8 Å². The molecule has 0 aliphatic heterocycles. The largest absolute Gasteiger partial charge is 0.508 e. The maximum absolute atomic E-state index is 13.8. The lowest BCUT2D eigenvalue weighted by Crippen LogP contribution is -1.92. The number of fused-ring (bicyclic) bond motifs is 1. The van der Waals surface area contributed by atoms with Crippen molar-refractivity contribution in [1.82, 2.24) is 9.38 Å². The van der Waals surface area contributed by atoms with Gasteiger partial charge >= 0.3 is 0 Å². The van der Waals surface area contributed by atoms with Gasteiger partial charge in [-0.25, -0.2) is 9.37 Å². The highest BCUT2D eigenvalue weighted by atomic mass is 19.1. The normalized spacial score (nSPS) is 10.9. The minimum Gasteiger partial charge on any atom is -0.508 e. The molecule has 0 saturated carbocycles. The highest BCUT2D eigenvalue weighted by Gasteiger charge is 2.09. The molecule has 0 aliphatic carbocycles. The Bertz CT molecular complexity index is 691. The van der Waals surface area contributed by atoms with Crippen molar-refractivity contribution in [1.29, 1.82) is 0 Å². The molecule has 0 unspecified atom stereocenters. The monoisotopic (exact) mass is 228 g/mol. The summed E-state index contributed by atoms with van der Waals surface area (Å²) < 4.78 is 15.6. The number of hydrogen-bond donors (Lipinski definition) is 1. The smallest absolute Gasteiger partial charge is 0.137 e. The molecule has 0 aliphatic rings. The van der Waals surface area contributed by atoms with Crippen LogP contribution in [-0.4, -0.2) is 14.5 Å². The first-order valence-corrected chi connectivity index (χ1v) is 5.17. The number of phenols is 1. The molecule has 0 fully saturated rings. The van der Waals surface area contributed by atoms with E-state index in [0.29, 0.717) is 11.3 Å². The van der Waals surface area contributed by atoms with E-state index < -0.39 is 5.82 Å².